The Bertz CT molecular complexity index is 1310. The summed E-state index contributed by atoms with van der Waals surface area (Å²) in [6, 6.07) is 0. The highest BCUT2D eigenvalue weighted by Gasteiger charge is 2.92. The molecule has 0 heterocycles. The van der Waals surface area contributed by atoms with E-state index in [1.807, 2.05) is 0 Å². The molecular weight excluding hydrogens is 789 g/mol. The maximum atomic E-state index is 14.3. The van der Waals surface area contributed by atoms with Crippen LogP contribution < -0.4 is 5.32 Å². The topological polar surface area (TPSA) is 12.0 Å². The molecule has 2 atom stereocenters. The minimum absolute atomic E-state index is 0.0701. The van der Waals surface area contributed by atoms with Gasteiger partial charge < -0.3 is 5.32 Å². The molecule has 0 aromatic rings. The van der Waals surface area contributed by atoms with Gasteiger partial charge in [-0.2, -0.15) is 110 Å². The van der Waals surface area contributed by atoms with E-state index in [1.165, 1.54) is 0 Å². The lowest BCUT2D eigenvalue weighted by atomic mass is 9.76. The van der Waals surface area contributed by atoms with E-state index in [0.717, 1.165) is 12.8 Å². The van der Waals surface area contributed by atoms with Crippen molar-refractivity contribution in [3.05, 3.63) is 12.2 Å². The third kappa shape index (κ3) is 6.00. The molecule has 0 radical (unpaired) electrons. The van der Waals surface area contributed by atoms with Crippen molar-refractivity contribution in [2.45, 2.75) is 115 Å². The van der Waals surface area contributed by atoms with Crippen LogP contribution in [0.1, 0.15) is 38.5 Å². The van der Waals surface area contributed by atoms with E-state index in [2.05, 4.69) is 5.32 Å². The molecule has 1 nitrogen and oxygen atoms in total. The summed E-state index contributed by atoms with van der Waals surface area (Å²) in [6.07, 6.45) is -13.9. The summed E-state index contributed by atoms with van der Waals surface area (Å²) in [5, 5.41) is 2.39. The smallest absolute Gasteiger partial charge is 0.311 e. The SMILES string of the molecule is FC(F)(F)C(F)(F)C(F)(F)C(F)(F)C(F)(F)C(F)(F)/C=C/C(F)(F)C(F)(F)C(F)(F)C(F)(F)C(F)(F)C(F)(F)CCNC12CC3CC(C1)C(C3)C2. The molecule has 0 spiro atoms. The lowest BCUT2D eigenvalue weighted by Crippen LogP contribution is -2.70. The molecule has 4 rings (SSSR count). The Morgan fingerprint density at radius 1 is 0.431 bits per heavy atom. The number of hydrogen-bond acceptors (Lipinski definition) is 1. The monoisotopic (exact) mass is 809 g/mol. The van der Waals surface area contributed by atoms with Crippen LogP contribution in [0, 0.1) is 17.8 Å². The quantitative estimate of drug-likeness (QED) is 0.128. The Morgan fingerprint density at radius 2 is 0.765 bits per heavy atom. The number of halogens is 25. The first-order chi connectivity index (χ1) is 22.2. The van der Waals surface area contributed by atoms with Gasteiger partial charge in [0.25, 0.3) is 0 Å². The van der Waals surface area contributed by atoms with E-state index in [0.29, 0.717) is 19.3 Å². The Hall–Kier alpha value is -2.05. The van der Waals surface area contributed by atoms with E-state index in [9.17, 15) is 110 Å². The third-order valence-corrected chi connectivity index (χ3v) is 9.38. The number of hydrogen-bond donors (Lipinski definition) is 1. The van der Waals surface area contributed by atoms with E-state index in [1.54, 1.807) is 0 Å². The molecule has 2 unspecified atom stereocenters. The van der Waals surface area contributed by atoms with Gasteiger partial charge in [-0.15, -0.1) is 0 Å². The van der Waals surface area contributed by atoms with Gasteiger partial charge in [0, 0.05) is 18.5 Å². The normalized spacial score (nSPS) is 26.6. The lowest BCUT2D eigenvalue weighted by molar-refractivity contribution is -0.436. The molecule has 0 saturated heterocycles. The second kappa shape index (κ2) is 11.7. The van der Waals surface area contributed by atoms with E-state index >= 15 is 0 Å². The maximum absolute atomic E-state index is 14.3. The summed E-state index contributed by atoms with van der Waals surface area (Å²) in [4.78, 5) is 0. The largest absolute Gasteiger partial charge is 0.460 e. The molecule has 4 saturated carbocycles. The van der Waals surface area contributed by atoms with Gasteiger partial charge in [0.15, 0.2) is 0 Å². The highest BCUT2D eigenvalue weighted by atomic mass is 19.4. The van der Waals surface area contributed by atoms with Crippen molar-refractivity contribution >= 4 is 0 Å². The molecule has 4 aliphatic carbocycles. The van der Waals surface area contributed by atoms with Crippen LogP contribution in [0.4, 0.5) is 110 Å². The van der Waals surface area contributed by atoms with Crippen molar-refractivity contribution in [3.63, 3.8) is 0 Å². The first-order valence-corrected chi connectivity index (χ1v) is 13.8. The third-order valence-electron chi connectivity index (χ3n) is 9.38. The Kier molecular flexibility index (Phi) is 9.97. The summed E-state index contributed by atoms with van der Waals surface area (Å²) in [7, 11) is 0. The van der Waals surface area contributed by atoms with Crippen LogP contribution in [0.25, 0.3) is 0 Å². The average Bonchev–Trinajstić information content (AvgIpc) is 3.35. The Balaban J connectivity index is 1.87. The maximum Gasteiger partial charge on any atom is 0.460 e. The highest BCUT2D eigenvalue weighted by Crippen LogP contribution is 2.64. The Labute approximate surface area is 267 Å². The molecule has 4 aliphatic rings. The molecule has 1 N–H and O–H groups in total. The second-order valence-corrected chi connectivity index (χ2v) is 12.8. The van der Waals surface area contributed by atoms with E-state index < -0.39 is 102 Å². The fraction of sp³-hybridized carbons (Fsp3) is 0.920. The van der Waals surface area contributed by atoms with Gasteiger partial charge in [0.2, 0.25) is 0 Å². The second-order valence-electron chi connectivity index (χ2n) is 12.8. The van der Waals surface area contributed by atoms with Crippen LogP contribution >= 0.6 is 0 Å². The lowest BCUT2D eigenvalue weighted by Gasteiger charge is -2.42. The molecule has 4 fully saturated rings. The van der Waals surface area contributed by atoms with Gasteiger partial charge >= 0.3 is 71.3 Å². The van der Waals surface area contributed by atoms with Crippen LogP contribution in [0.5, 0.6) is 0 Å². The summed E-state index contributed by atoms with van der Waals surface area (Å²) in [6.45, 7) is -1.37. The van der Waals surface area contributed by atoms with Crippen molar-refractivity contribution in [1.29, 1.82) is 0 Å². The fourth-order valence-corrected chi connectivity index (χ4v) is 6.70. The number of nitrogens with one attached hydrogen (secondary N) is 1. The number of allylic oxidation sites excluding steroid dienone is 2. The molecule has 51 heavy (non-hydrogen) atoms. The predicted molar refractivity (Wildman–Crippen MR) is 119 cm³/mol. The van der Waals surface area contributed by atoms with Crippen molar-refractivity contribution in [2.75, 3.05) is 6.54 Å². The van der Waals surface area contributed by atoms with Crippen molar-refractivity contribution < 1.29 is 110 Å². The van der Waals surface area contributed by atoms with Crippen LogP contribution in [0.3, 0.4) is 0 Å². The van der Waals surface area contributed by atoms with Crippen molar-refractivity contribution in [1.82, 2.24) is 5.32 Å². The van der Waals surface area contributed by atoms with Crippen molar-refractivity contribution in [3.8, 4) is 0 Å². The van der Waals surface area contributed by atoms with E-state index in [4.69, 9.17) is 0 Å². The molecule has 4 bridgehead atoms. The molecule has 300 valence electrons. The summed E-state index contributed by atoms with van der Waals surface area (Å²) >= 11 is 0. The summed E-state index contributed by atoms with van der Waals surface area (Å²) in [5.41, 5.74) is -0.965. The van der Waals surface area contributed by atoms with Crippen LogP contribution in [-0.4, -0.2) is 83.4 Å². The molecule has 0 aromatic carbocycles. The van der Waals surface area contributed by atoms with Crippen LogP contribution in [0.2, 0.25) is 0 Å². The zero-order valence-corrected chi connectivity index (χ0v) is 24.3. The fourth-order valence-electron chi connectivity index (χ4n) is 6.70. The van der Waals surface area contributed by atoms with Gasteiger partial charge in [-0.3, -0.25) is 0 Å². The van der Waals surface area contributed by atoms with Crippen LogP contribution in [-0.2, 0) is 0 Å². The predicted octanol–water partition coefficient (Wildman–Crippen LogP) is 10.7. The number of alkyl halides is 25. The van der Waals surface area contributed by atoms with Crippen LogP contribution in [0.15, 0.2) is 12.2 Å². The standard InChI is InChI=1S/C25H20F25N/c26-14(27,1-2-15(28,29)18(34,35)22(42,43)23(44,45)24(46,47)25(48,49)50)17(32,33)20(38,39)21(40,41)19(36,37)16(30,31)3-4-51-13-7-10-5-11(8-13)12(6-10)9-13/h1-2,10-12,51H,3-9H2/b2-1+. The van der Waals surface area contributed by atoms with Gasteiger partial charge in [0.1, 0.15) is 0 Å². The minimum Gasteiger partial charge on any atom is -0.311 e. The zero-order chi connectivity index (χ0) is 40.3. The van der Waals surface area contributed by atoms with Gasteiger partial charge in [0.05, 0.1) is 0 Å². The molecule has 0 aromatic heterocycles. The minimum atomic E-state index is -8.71. The van der Waals surface area contributed by atoms with Gasteiger partial charge in [-0.25, -0.2) is 0 Å². The first kappa shape index (κ1) is 43.4. The Morgan fingerprint density at radius 3 is 1.10 bits per heavy atom. The molecule has 26 heteroatoms. The molecule has 0 amide bonds. The number of rotatable bonds is 15. The van der Waals surface area contributed by atoms with Crippen molar-refractivity contribution in [2.24, 2.45) is 17.8 Å². The van der Waals surface area contributed by atoms with E-state index in [-0.39, 0.29) is 17.8 Å². The summed E-state index contributed by atoms with van der Waals surface area (Å²) < 4.78 is 340. The van der Waals surface area contributed by atoms with Gasteiger partial charge in [-0.1, -0.05) is 0 Å². The zero-order valence-electron chi connectivity index (χ0n) is 24.3. The first-order valence-electron chi connectivity index (χ1n) is 13.8. The molecule has 0 aliphatic heterocycles. The molecular formula is C25H20F25N. The highest BCUT2D eigenvalue weighted by molar-refractivity contribution is 5.21. The summed E-state index contributed by atoms with van der Waals surface area (Å²) in [5.74, 6) is -88.9. The average molecular weight is 809 g/mol. The van der Waals surface area contributed by atoms with Gasteiger partial charge in [-0.05, 0) is 62.0 Å².